The van der Waals surface area contributed by atoms with Gasteiger partial charge in [-0.2, -0.15) is 0 Å². The molecule has 116 valence electrons. The summed E-state index contributed by atoms with van der Waals surface area (Å²) in [6.45, 7) is 9.71. The van der Waals surface area contributed by atoms with Crippen molar-refractivity contribution in [3.8, 4) is 0 Å². The van der Waals surface area contributed by atoms with Gasteiger partial charge in [0, 0.05) is 17.1 Å². The van der Waals surface area contributed by atoms with E-state index >= 15 is 0 Å². The molecule has 1 nitrogen and oxygen atoms in total. The molecule has 4 unspecified atom stereocenters. The van der Waals surface area contributed by atoms with Crippen LogP contribution in [-0.2, 0) is 6.42 Å². The van der Waals surface area contributed by atoms with Crippen molar-refractivity contribution in [1.82, 2.24) is 5.32 Å². The van der Waals surface area contributed by atoms with Crippen molar-refractivity contribution in [3.05, 3.63) is 34.9 Å². The predicted octanol–water partition coefficient (Wildman–Crippen LogP) is 5.08. The maximum Gasteiger partial charge on any atom is 0.0438 e. The van der Waals surface area contributed by atoms with Crippen LogP contribution in [0, 0.1) is 16.7 Å². The summed E-state index contributed by atoms with van der Waals surface area (Å²) in [7, 11) is 0. The Kier molecular flexibility index (Phi) is 3.86. The van der Waals surface area contributed by atoms with Gasteiger partial charge in [-0.1, -0.05) is 50.6 Å². The van der Waals surface area contributed by atoms with E-state index in [0.717, 1.165) is 17.4 Å². The fourth-order valence-corrected chi connectivity index (χ4v) is 5.27. The van der Waals surface area contributed by atoms with E-state index in [2.05, 4.69) is 45.1 Å². The Morgan fingerprint density at radius 2 is 2.00 bits per heavy atom. The highest BCUT2D eigenvalue weighted by molar-refractivity contribution is 6.31. The first-order valence-electron chi connectivity index (χ1n) is 8.32. The molecule has 0 aromatic heterocycles. The minimum atomic E-state index is 0.418. The van der Waals surface area contributed by atoms with E-state index in [1.807, 2.05) is 12.1 Å². The lowest BCUT2D eigenvalue weighted by Crippen LogP contribution is -2.53. The van der Waals surface area contributed by atoms with Crippen LogP contribution in [0.1, 0.15) is 52.5 Å². The van der Waals surface area contributed by atoms with Crippen molar-refractivity contribution in [2.45, 2.75) is 65.5 Å². The van der Waals surface area contributed by atoms with Gasteiger partial charge in [0.25, 0.3) is 0 Å². The first-order chi connectivity index (χ1) is 9.83. The van der Waals surface area contributed by atoms with E-state index in [-0.39, 0.29) is 0 Å². The smallest absolute Gasteiger partial charge is 0.0438 e. The van der Waals surface area contributed by atoms with Crippen molar-refractivity contribution in [2.75, 3.05) is 0 Å². The minimum Gasteiger partial charge on any atom is -0.310 e. The van der Waals surface area contributed by atoms with E-state index in [1.165, 1.54) is 24.8 Å². The van der Waals surface area contributed by atoms with Gasteiger partial charge in [-0.15, -0.1) is 0 Å². The largest absolute Gasteiger partial charge is 0.310 e. The average Bonchev–Trinajstić information content (AvgIpc) is 2.89. The van der Waals surface area contributed by atoms with Crippen LogP contribution in [0.25, 0.3) is 0 Å². The first kappa shape index (κ1) is 15.4. The topological polar surface area (TPSA) is 12.0 Å². The molecule has 2 aliphatic rings. The summed E-state index contributed by atoms with van der Waals surface area (Å²) in [6, 6.07) is 9.31. The average molecular weight is 306 g/mol. The van der Waals surface area contributed by atoms with Crippen LogP contribution in [0.2, 0.25) is 5.02 Å². The van der Waals surface area contributed by atoms with E-state index in [9.17, 15) is 0 Å². The Balaban J connectivity index is 1.70. The molecular weight excluding hydrogens is 278 g/mol. The molecule has 4 atom stereocenters. The summed E-state index contributed by atoms with van der Waals surface area (Å²) < 4.78 is 0. The number of nitrogens with one attached hydrogen (secondary N) is 1. The maximum atomic E-state index is 6.30. The molecule has 2 fully saturated rings. The van der Waals surface area contributed by atoms with Crippen LogP contribution in [0.5, 0.6) is 0 Å². The first-order valence-corrected chi connectivity index (χ1v) is 8.70. The van der Waals surface area contributed by atoms with Crippen molar-refractivity contribution in [1.29, 1.82) is 0 Å². The lowest BCUT2D eigenvalue weighted by molar-refractivity contribution is 0.100. The van der Waals surface area contributed by atoms with Crippen LogP contribution >= 0.6 is 11.6 Å². The summed E-state index contributed by atoms with van der Waals surface area (Å²) >= 11 is 6.30. The van der Waals surface area contributed by atoms with Crippen LogP contribution < -0.4 is 5.32 Å². The number of rotatable bonds is 4. The molecule has 0 amide bonds. The number of hydrogen-bond donors (Lipinski definition) is 1. The third kappa shape index (κ3) is 2.64. The summed E-state index contributed by atoms with van der Waals surface area (Å²) in [4.78, 5) is 0. The van der Waals surface area contributed by atoms with Crippen molar-refractivity contribution in [3.63, 3.8) is 0 Å². The summed E-state index contributed by atoms with van der Waals surface area (Å²) in [5.74, 6) is 0.896. The second kappa shape index (κ2) is 5.28. The monoisotopic (exact) mass is 305 g/mol. The molecule has 0 radical (unpaired) electrons. The molecule has 1 aromatic carbocycles. The molecule has 1 aromatic rings. The number of hydrogen-bond acceptors (Lipinski definition) is 1. The Bertz CT molecular complexity index is 519. The molecule has 0 aliphatic heterocycles. The number of benzene rings is 1. The third-order valence-corrected chi connectivity index (χ3v) is 6.57. The molecule has 2 aliphatic carbocycles. The Labute approximate surface area is 134 Å². The van der Waals surface area contributed by atoms with Gasteiger partial charge in [-0.3, -0.25) is 0 Å². The Morgan fingerprint density at radius 1 is 1.29 bits per heavy atom. The zero-order chi connectivity index (χ0) is 15.3. The minimum absolute atomic E-state index is 0.418. The Hall–Kier alpha value is -0.530. The van der Waals surface area contributed by atoms with Crippen LogP contribution in [0.4, 0.5) is 0 Å². The SMILES string of the molecule is CC(Cc1ccccc1Cl)NC1C2(C)CCC(C2)C1(C)C. The van der Waals surface area contributed by atoms with Gasteiger partial charge in [0.1, 0.15) is 0 Å². The van der Waals surface area contributed by atoms with Gasteiger partial charge >= 0.3 is 0 Å². The van der Waals surface area contributed by atoms with Crippen LogP contribution in [0.15, 0.2) is 24.3 Å². The highest BCUT2D eigenvalue weighted by atomic mass is 35.5. The summed E-state index contributed by atoms with van der Waals surface area (Å²) in [5.41, 5.74) is 2.16. The van der Waals surface area contributed by atoms with E-state index in [1.54, 1.807) is 0 Å². The number of fused-ring (bicyclic) bond motifs is 2. The quantitative estimate of drug-likeness (QED) is 0.818. The van der Waals surface area contributed by atoms with Gasteiger partial charge < -0.3 is 5.32 Å². The molecule has 3 rings (SSSR count). The lowest BCUT2D eigenvalue weighted by atomic mass is 9.68. The molecule has 0 saturated heterocycles. The molecule has 21 heavy (non-hydrogen) atoms. The molecule has 0 heterocycles. The fourth-order valence-electron chi connectivity index (χ4n) is 5.06. The maximum absolute atomic E-state index is 6.30. The van der Waals surface area contributed by atoms with Crippen molar-refractivity contribution >= 4 is 11.6 Å². The van der Waals surface area contributed by atoms with Gasteiger partial charge in [0.15, 0.2) is 0 Å². The summed E-state index contributed by atoms with van der Waals surface area (Å²) in [6.07, 6.45) is 5.21. The molecule has 1 N–H and O–H groups in total. The molecule has 2 heteroatoms. The highest BCUT2D eigenvalue weighted by Crippen LogP contribution is 2.62. The van der Waals surface area contributed by atoms with E-state index in [4.69, 9.17) is 11.6 Å². The van der Waals surface area contributed by atoms with Crippen LogP contribution in [0.3, 0.4) is 0 Å². The normalized spacial score (nSPS) is 35.1. The lowest BCUT2D eigenvalue weighted by Gasteiger charge is -2.44. The second-order valence-electron chi connectivity index (χ2n) is 8.21. The highest BCUT2D eigenvalue weighted by Gasteiger charge is 2.59. The molecule has 0 spiro atoms. The van der Waals surface area contributed by atoms with Crippen molar-refractivity contribution < 1.29 is 0 Å². The van der Waals surface area contributed by atoms with Gasteiger partial charge in [-0.05, 0) is 61.0 Å². The van der Waals surface area contributed by atoms with Gasteiger partial charge in [0.2, 0.25) is 0 Å². The molecule has 2 saturated carbocycles. The van der Waals surface area contributed by atoms with Gasteiger partial charge in [-0.25, -0.2) is 0 Å². The zero-order valence-electron chi connectivity index (χ0n) is 13.7. The van der Waals surface area contributed by atoms with E-state index in [0.29, 0.717) is 22.9 Å². The predicted molar refractivity (Wildman–Crippen MR) is 90.8 cm³/mol. The standard InChI is InChI=1S/C19H28ClN/c1-13(11-14-7-5-6-8-16(14)20)21-17-18(2,3)15-9-10-19(17,4)12-15/h5-8,13,15,17,21H,9-12H2,1-4H3. The van der Waals surface area contributed by atoms with Crippen molar-refractivity contribution in [2.24, 2.45) is 16.7 Å². The number of halogens is 1. The second-order valence-corrected chi connectivity index (χ2v) is 8.62. The molecule has 2 bridgehead atoms. The fraction of sp³-hybridized carbons (Fsp3) is 0.684. The van der Waals surface area contributed by atoms with Crippen LogP contribution in [-0.4, -0.2) is 12.1 Å². The Morgan fingerprint density at radius 3 is 2.62 bits per heavy atom. The summed E-state index contributed by atoms with van der Waals surface area (Å²) in [5, 5.41) is 4.85. The zero-order valence-corrected chi connectivity index (χ0v) is 14.5. The molecular formula is C19H28ClN. The third-order valence-electron chi connectivity index (χ3n) is 6.20. The van der Waals surface area contributed by atoms with Gasteiger partial charge in [0.05, 0.1) is 0 Å². The van der Waals surface area contributed by atoms with E-state index < -0.39 is 0 Å².